The van der Waals surface area contributed by atoms with Crippen LogP contribution in [-0.2, 0) is 15.0 Å². The molecule has 1 saturated carbocycles. The fraction of sp³-hybridized carbons (Fsp3) is 0.579. The van der Waals surface area contributed by atoms with Gasteiger partial charge in [-0.05, 0) is 49.3 Å². The van der Waals surface area contributed by atoms with Crippen LogP contribution in [0.15, 0.2) is 24.3 Å². The van der Waals surface area contributed by atoms with Gasteiger partial charge in [0.1, 0.15) is 12.1 Å². The Morgan fingerprint density at radius 1 is 1.29 bits per heavy atom. The molecule has 0 aliphatic heterocycles. The fourth-order valence-corrected chi connectivity index (χ4v) is 3.28. The van der Waals surface area contributed by atoms with Gasteiger partial charge in [-0.2, -0.15) is 0 Å². The number of hydrogen-bond acceptors (Lipinski definition) is 3. The molecule has 132 valence electrons. The molecule has 1 fully saturated rings. The highest BCUT2D eigenvalue weighted by atomic mass is 19.1. The molecule has 3 N–H and O–H groups in total. The molecule has 0 saturated heterocycles. The molecular formula is C19H27FN2O2. The highest BCUT2D eigenvalue weighted by Crippen LogP contribution is 2.29. The lowest BCUT2D eigenvalue weighted by molar-refractivity contribution is -0.124. The molecule has 5 heteroatoms. The van der Waals surface area contributed by atoms with Crippen LogP contribution in [0, 0.1) is 17.7 Å². The van der Waals surface area contributed by atoms with Crippen molar-refractivity contribution < 1.29 is 14.0 Å². The van der Waals surface area contributed by atoms with Gasteiger partial charge < -0.3 is 15.8 Å². The summed E-state index contributed by atoms with van der Waals surface area (Å²) in [6, 6.07) is 5.79. The van der Waals surface area contributed by atoms with Crippen LogP contribution in [-0.4, -0.2) is 24.8 Å². The van der Waals surface area contributed by atoms with Crippen molar-refractivity contribution in [1.29, 1.82) is 0 Å². The minimum atomic E-state index is -0.540. The molecular weight excluding hydrogens is 307 g/mol. The number of halogens is 1. The number of hydrogen-bond donors (Lipinski definition) is 2. The fourth-order valence-electron chi connectivity index (χ4n) is 3.28. The normalized spacial score (nSPS) is 22.7. The summed E-state index contributed by atoms with van der Waals surface area (Å²) in [5, 5.41) is 2.93. The van der Waals surface area contributed by atoms with E-state index in [2.05, 4.69) is 5.32 Å². The molecule has 2 rings (SSSR count). The van der Waals surface area contributed by atoms with Gasteiger partial charge in [-0.25, -0.2) is 4.39 Å². The van der Waals surface area contributed by atoms with Crippen LogP contribution in [0.1, 0.15) is 45.1 Å². The van der Waals surface area contributed by atoms with E-state index in [1.165, 1.54) is 12.1 Å². The quantitative estimate of drug-likeness (QED) is 0.785. The molecule has 1 aromatic rings. The zero-order valence-corrected chi connectivity index (χ0v) is 14.4. The van der Waals surface area contributed by atoms with Crippen molar-refractivity contribution in [2.24, 2.45) is 17.6 Å². The van der Waals surface area contributed by atoms with E-state index in [-0.39, 0.29) is 29.0 Å². The van der Waals surface area contributed by atoms with Crippen LogP contribution in [0.2, 0.25) is 0 Å². The third-order valence-corrected chi connectivity index (χ3v) is 5.15. The van der Waals surface area contributed by atoms with Crippen molar-refractivity contribution in [2.75, 3.05) is 6.54 Å². The smallest absolute Gasteiger partial charge is 0.237 e. The van der Waals surface area contributed by atoms with Crippen LogP contribution in [0.3, 0.4) is 0 Å². The van der Waals surface area contributed by atoms with E-state index in [0.717, 1.165) is 37.5 Å². The second-order valence-corrected chi connectivity index (χ2v) is 7.45. The maximum Gasteiger partial charge on any atom is 0.237 e. The molecule has 1 aliphatic rings. The van der Waals surface area contributed by atoms with Gasteiger partial charge in [0.15, 0.2) is 0 Å². The molecule has 1 aliphatic carbocycles. The number of carbonyl (C=O) groups is 2. The lowest BCUT2D eigenvalue weighted by Gasteiger charge is -2.31. The summed E-state index contributed by atoms with van der Waals surface area (Å²) in [5.41, 5.74) is 6.77. The van der Waals surface area contributed by atoms with E-state index in [4.69, 9.17) is 5.73 Å². The monoisotopic (exact) mass is 334 g/mol. The summed E-state index contributed by atoms with van der Waals surface area (Å²) in [4.78, 5) is 23.2. The molecule has 0 aromatic heterocycles. The van der Waals surface area contributed by atoms with Crippen molar-refractivity contribution in [2.45, 2.75) is 51.0 Å². The van der Waals surface area contributed by atoms with Crippen molar-refractivity contribution >= 4 is 12.2 Å². The van der Waals surface area contributed by atoms with Crippen LogP contribution in [0.4, 0.5) is 4.39 Å². The summed E-state index contributed by atoms with van der Waals surface area (Å²) in [7, 11) is 0. The Kier molecular flexibility index (Phi) is 6.10. The van der Waals surface area contributed by atoms with Crippen molar-refractivity contribution in [3.05, 3.63) is 35.6 Å². The second kappa shape index (κ2) is 7.88. The Hall–Kier alpha value is -1.75. The highest BCUT2D eigenvalue weighted by Gasteiger charge is 2.30. The molecule has 4 nitrogen and oxygen atoms in total. The number of amides is 1. The first kappa shape index (κ1) is 18.6. The molecule has 0 heterocycles. The van der Waals surface area contributed by atoms with Crippen LogP contribution in [0.25, 0.3) is 0 Å². The summed E-state index contributed by atoms with van der Waals surface area (Å²) >= 11 is 0. The van der Waals surface area contributed by atoms with Gasteiger partial charge in [0.05, 0.1) is 6.04 Å². The van der Waals surface area contributed by atoms with Gasteiger partial charge in [-0.1, -0.05) is 26.0 Å². The van der Waals surface area contributed by atoms with Gasteiger partial charge in [0, 0.05) is 17.9 Å². The van der Waals surface area contributed by atoms with E-state index in [1.54, 1.807) is 12.1 Å². The summed E-state index contributed by atoms with van der Waals surface area (Å²) < 4.78 is 13.0. The Bertz CT molecular complexity index is 563. The average molecular weight is 334 g/mol. The zero-order chi connectivity index (χ0) is 17.7. The lowest BCUT2D eigenvalue weighted by Crippen LogP contribution is -2.49. The van der Waals surface area contributed by atoms with Crippen molar-refractivity contribution in [3.63, 3.8) is 0 Å². The zero-order valence-electron chi connectivity index (χ0n) is 14.4. The molecule has 0 spiro atoms. The predicted molar refractivity (Wildman–Crippen MR) is 91.9 cm³/mol. The average Bonchev–Trinajstić information content (AvgIpc) is 2.59. The van der Waals surface area contributed by atoms with Gasteiger partial charge in [0.2, 0.25) is 5.91 Å². The Morgan fingerprint density at radius 2 is 1.88 bits per heavy atom. The molecule has 1 atom stereocenters. The molecule has 1 aromatic carbocycles. The first-order valence-corrected chi connectivity index (χ1v) is 8.58. The van der Waals surface area contributed by atoms with E-state index < -0.39 is 6.04 Å². The van der Waals surface area contributed by atoms with Crippen LogP contribution >= 0.6 is 0 Å². The number of nitrogens with two attached hydrogens (primary N) is 1. The van der Waals surface area contributed by atoms with E-state index >= 15 is 0 Å². The van der Waals surface area contributed by atoms with Gasteiger partial charge >= 0.3 is 0 Å². The Balaban J connectivity index is 1.87. The third-order valence-electron chi connectivity index (χ3n) is 5.15. The van der Waals surface area contributed by atoms with Gasteiger partial charge in [-0.15, -0.1) is 0 Å². The first-order valence-electron chi connectivity index (χ1n) is 8.58. The molecule has 0 radical (unpaired) electrons. The predicted octanol–water partition coefficient (Wildman–Crippen LogP) is 2.55. The summed E-state index contributed by atoms with van der Waals surface area (Å²) in [6.07, 6.45) is 4.28. The van der Waals surface area contributed by atoms with Crippen molar-refractivity contribution in [1.82, 2.24) is 5.32 Å². The second-order valence-electron chi connectivity index (χ2n) is 7.45. The van der Waals surface area contributed by atoms with Crippen LogP contribution in [0.5, 0.6) is 0 Å². The lowest BCUT2D eigenvalue weighted by atomic mass is 9.79. The molecule has 0 bridgehead atoms. The minimum Gasteiger partial charge on any atom is -0.354 e. The Morgan fingerprint density at radius 3 is 2.42 bits per heavy atom. The molecule has 24 heavy (non-hydrogen) atoms. The van der Waals surface area contributed by atoms with Crippen LogP contribution < -0.4 is 11.1 Å². The maximum atomic E-state index is 13.0. The molecule has 1 unspecified atom stereocenters. The van der Waals surface area contributed by atoms with Gasteiger partial charge in [0.25, 0.3) is 0 Å². The first-order chi connectivity index (χ1) is 11.3. The molecule has 1 amide bonds. The van der Waals surface area contributed by atoms with Crippen molar-refractivity contribution in [3.8, 4) is 0 Å². The standard InChI is InChI=1S/C19H27FN2O2/c1-19(2,15-7-9-16(20)10-8-15)12-22-18(24)17(21)14-5-3-13(11-23)4-6-14/h7-11,13-14,17H,3-6,12,21H2,1-2H3,(H,22,24). The van der Waals surface area contributed by atoms with E-state index in [9.17, 15) is 14.0 Å². The number of carbonyl (C=O) groups excluding carboxylic acids is 2. The number of nitrogens with one attached hydrogen (secondary N) is 1. The summed E-state index contributed by atoms with van der Waals surface area (Å²) in [5.74, 6) is -0.171. The minimum absolute atomic E-state index is 0.119. The third kappa shape index (κ3) is 4.63. The largest absolute Gasteiger partial charge is 0.354 e. The number of benzene rings is 1. The van der Waals surface area contributed by atoms with E-state index in [0.29, 0.717) is 6.54 Å². The van der Waals surface area contributed by atoms with Gasteiger partial charge in [-0.3, -0.25) is 4.79 Å². The SMILES string of the molecule is CC(C)(CNC(=O)C(N)C1CCC(C=O)CC1)c1ccc(F)cc1. The number of aldehydes is 1. The van der Waals surface area contributed by atoms with E-state index in [1.807, 2.05) is 13.8 Å². The topological polar surface area (TPSA) is 72.2 Å². The highest BCUT2D eigenvalue weighted by molar-refractivity contribution is 5.82. The maximum absolute atomic E-state index is 13.0. The number of rotatable bonds is 6. The summed E-state index contributed by atoms with van der Waals surface area (Å²) in [6.45, 7) is 4.44. The Labute approximate surface area is 143 Å².